The Labute approximate surface area is 142 Å². The van der Waals surface area contributed by atoms with Gasteiger partial charge in [0.25, 0.3) is 5.91 Å². The summed E-state index contributed by atoms with van der Waals surface area (Å²) < 4.78 is 19.6. The number of hydrogen-bond donors (Lipinski definition) is 1. The van der Waals surface area contributed by atoms with E-state index in [9.17, 15) is 18.8 Å². The standard InChI is InChI=1S/C18H16FNO5/c1-11(21)12-2-4-13(5-3-12)14-6-7-15(25-14)16(22)20-9-8-18(19,10-20)17(23)24/h2-7H,8-10H2,1H3,(H,23,24). The molecule has 2 heterocycles. The van der Waals surface area contributed by atoms with Crippen molar-refractivity contribution in [1.82, 2.24) is 4.90 Å². The quantitative estimate of drug-likeness (QED) is 0.861. The molecule has 6 nitrogen and oxygen atoms in total. The molecule has 1 aliphatic rings. The van der Waals surface area contributed by atoms with E-state index in [1.165, 1.54) is 13.0 Å². The number of carboxylic acid groups (broad SMARTS) is 1. The van der Waals surface area contributed by atoms with E-state index in [4.69, 9.17) is 9.52 Å². The van der Waals surface area contributed by atoms with Crippen LogP contribution in [0.5, 0.6) is 0 Å². The molecule has 0 bridgehead atoms. The van der Waals surface area contributed by atoms with Gasteiger partial charge in [-0.25, -0.2) is 9.18 Å². The first-order valence-corrected chi connectivity index (χ1v) is 7.73. The third-order valence-electron chi connectivity index (χ3n) is 4.28. The Kier molecular flexibility index (Phi) is 4.16. The normalized spacial score (nSPS) is 19.8. The number of alkyl halides is 1. The van der Waals surface area contributed by atoms with Crippen LogP contribution in [0.1, 0.15) is 34.3 Å². The number of rotatable bonds is 4. The number of Topliss-reactive ketones (excluding diaryl/α,β-unsaturated/α-hetero) is 1. The number of carboxylic acids is 1. The molecule has 7 heteroatoms. The molecule has 25 heavy (non-hydrogen) atoms. The fraction of sp³-hybridized carbons (Fsp3) is 0.278. The highest BCUT2D eigenvalue weighted by atomic mass is 19.1. The van der Waals surface area contributed by atoms with Crippen molar-refractivity contribution in [3.05, 3.63) is 47.7 Å². The molecular weight excluding hydrogens is 329 g/mol. The fourth-order valence-electron chi connectivity index (χ4n) is 2.75. The molecule has 0 spiro atoms. The predicted molar refractivity (Wildman–Crippen MR) is 86.1 cm³/mol. The highest BCUT2D eigenvalue weighted by Gasteiger charge is 2.47. The number of halogens is 1. The molecule has 1 unspecified atom stereocenters. The maximum atomic E-state index is 14.1. The largest absolute Gasteiger partial charge is 0.479 e. The number of ketones is 1. The van der Waals surface area contributed by atoms with Crippen LogP contribution in [0.4, 0.5) is 4.39 Å². The monoisotopic (exact) mass is 345 g/mol. The van der Waals surface area contributed by atoms with Crippen molar-refractivity contribution in [2.75, 3.05) is 13.1 Å². The Morgan fingerprint density at radius 2 is 1.84 bits per heavy atom. The molecule has 1 aromatic heterocycles. The minimum absolute atomic E-state index is 0.0142. The molecule has 1 atom stereocenters. The van der Waals surface area contributed by atoms with Crippen LogP contribution in [-0.4, -0.2) is 46.4 Å². The summed E-state index contributed by atoms with van der Waals surface area (Å²) in [6.45, 7) is 0.992. The summed E-state index contributed by atoms with van der Waals surface area (Å²) in [5.41, 5.74) is -1.15. The van der Waals surface area contributed by atoms with Gasteiger partial charge in [-0.2, -0.15) is 0 Å². The van der Waals surface area contributed by atoms with E-state index in [1.54, 1.807) is 30.3 Å². The van der Waals surface area contributed by atoms with Gasteiger partial charge < -0.3 is 14.4 Å². The first kappa shape index (κ1) is 16.9. The van der Waals surface area contributed by atoms with E-state index in [1.807, 2.05) is 0 Å². The van der Waals surface area contributed by atoms with Crippen LogP contribution in [0.3, 0.4) is 0 Å². The van der Waals surface area contributed by atoms with Gasteiger partial charge in [0, 0.05) is 24.1 Å². The van der Waals surface area contributed by atoms with Crippen molar-refractivity contribution in [1.29, 1.82) is 0 Å². The first-order chi connectivity index (χ1) is 11.8. The lowest BCUT2D eigenvalue weighted by Crippen LogP contribution is -2.38. The van der Waals surface area contributed by atoms with Crippen LogP contribution in [0.2, 0.25) is 0 Å². The molecule has 0 aliphatic carbocycles. The second kappa shape index (κ2) is 6.16. The molecule has 0 saturated carbocycles. The Hall–Kier alpha value is -2.96. The maximum absolute atomic E-state index is 14.1. The van der Waals surface area contributed by atoms with E-state index in [-0.39, 0.29) is 24.5 Å². The summed E-state index contributed by atoms with van der Waals surface area (Å²) in [6.07, 6.45) is -0.242. The molecule has 130 valence electrons. The zero-order chi connectivity index (χ0) is 18.2. The lowest BCUT2D eigenvalue weighted by Gasteiger charge is -2.16. The van der Waals surface area contributed by atoms with Crippen LogP contribution >= 0.6 is 0 Å². The van der Waals surface area contributed by atoms with Crippen molar-refractivity contribution < 1.29 is 28.3 Å². The van der Waals surface area contributed by atoms with Gasteiger partial charge in [0.1, 0.15) is 5.76 Å². The summed E-state index contributed by atoms with van der Waals surface area (Å²) >= 11 is 0. The van der Waals surface area contributed by atoms with Crippen molar-refractivity contribution in [2.24, 2.45) is 0 Å². The molecule has 1 aromatic carbocycles. The van der Waals surface area contributed by atoms with Crippen molar-refractivity contribution >= 4 is 17.7 Å². The number of benzene rings is 1. The van der Waals surface area contributed by atoms with Crippen LogP contribution in [0.25, 0.3) is 11.3 Å². The highest BCUT2D eigenvalue weighted by molar-refractivity contribution is 5.95. The maximum Gasteiger partial charge on any atom is 0.343 e. The van der Waals surface area contributed by atoms with E-state index in [0.29, 0.717) is 16.9 Å². The van der Waals surface area contributed by atoms with E-state index >= 15 is 0 Å². The summed E-state index contributed by atoms with van der Waals surface area (Å²) in [5.74, 6) is -1.72. The zero-order valence-corrected chi connectivity index (χ0v) is 13.5. The van der Waals surface area contributed by atoms with Crippen molar-refractivity contribution in [2.45, 2.75) is 19.0 Å². The number of hydrogen-bond acceptors (Lipinski definition) is 4. The van der Waals surface area contributed by atoms with Gasteiger partial charge in [0.05, 0.1) is 6.54 Å². The minimum atomic E-state index is -2.41. The number of amides is 1. The molecule has 1 saturated heterocycles. The minimum Gasteiger partial charge on any atom is -0.479 e. The number of carbonyl (C=O) groups is 3. The van der Waals surface area contributed by atoms with Gasteiger partial charge in [-0.1, -0.05) is 24.3 Å². The van der Waals surface area contributed by atoms with Crippen LogP contribution in [0.15, 0.2) is 40.8 Å². The number of furan rings is 1. The molecular formula is C18H16FNO5. The Balaban J connectivity index is 1.76. The Bertz CT molecular complexity index is 841. The predicted octanol–water partition coefficient (Wildman–Crippen LogP) is 2.79. The third-order valence-corrected chi connectivity index (χ3v) is 4.28. The average molecular weight is 345 g/mol. The summed E-state index contributed by atoms with van der Waals surface area (Å²) in [7, 11) is 0. The second-order valence-electron chi connectivity index (χ2n) is 6.04. The van der Waals surface area contributed by atoms with Crippen molar-refractivity contribution in [3.63, 3.8) is 0 Å². The van der Waals surface area contributed by atoms with Gasteiger partial charge in [0.15, 0.2) is 11.5 Å². The summed E-state index contributed by atoms with van der Waals surface area (Å²) in [4.78, 5) is 35.7. The molecule has 1 fully saturated rings. The number of aliphatic carboxylic acids is 1. The fourth-order valence-corrected chi connectivity index (χ4v) is 2.75. The topological polar surface area (TPSA) is 87.8 Å². The van der Waals surface area contributed by atoms with E-state index < -0.39 is 24.1 Å². The molecule has 1 N–H and O–H groups in total. The average Bonchev–Trinajstić information content (AvgIpc) is 3.22. The third kappa shape index (κ3) is 3.17. The highest BCUT2D eigenvalue weighted by Crippen LogP contribution is 2.29. The molecule has 0 radical (unpaired) electrons. The first-order valence-electron chi connectivity index (χ1n) is 7.73. The molecule has 3 rings (SSSR count). The second-order valence-corrected chi connectivity index (χ2v) is 6.04. The van der Waals surface area contributed by atoms with E-state index in [0.717, 1.165) is 4.90 Å². The van der Waals surface area contributed by atoms with Gasteiger partial charge in [-0.3, -0.25) is 9.59 Å². The summed E-state index contributed by atoms with van der Waals surface area (Å²) in [5, 5.41) is 8.90. The van der Waals surface area contributed by atoms with Gasteiger partial charge in [0.2, 0.25) is 5.67 Å². The van der Waals surface area contributed by atoms with Crippen molar-refractivity contribution in [3.8, 4) is 11.3 Å². The number of nitrogens with zero attached hydrogens (tertiary/aromatic N) is 1. The van der Waals surface area contributed by atoms with Gasteiger partial charge in [-0.05, 0) is 19.1 Å². The molecule has 1 aliphatic heterocycles. The summed E-state index contributed by atoms with van der Waals surface area (Å²) in [6, 6.07) is 9.80. The number of likely N-dealkylation sites (tertiary alicyclic amines) is 1. The SMILES string of the molecule is CC(=O)c1ccc(-c2ccc(C(=O)N3CCC(F)(C(=O)O)C3)o2)cc1. The lowest BCUT2D eigenvalue weighted by molar-refractivity contribution is -0.149. The Morgan fingerprint density at radius 1 is 1.16 bits per heavy atom. The lowest BCUT2D eigenvalue weighted by atomic mass is 10.1. The molecule has 2 aromatic rings. The van der Waals surface area contributed by atoms with Gasteiger partial charge in [-0.15, -0.1) is 0 Å². The van der Waals surface area contributed by atoms with Crippen LogP contribution in [0, 0.1) is 0 Å². The van der Waals surface area contributed by atoms with Crippen LogP contribution < -0.4 is 0 Å². The molecule has 1 amide bonds. The smallest absolute Gasteiger partial charge is 0.343 e. The zero-order valence-electron chi connectivity index (χ0n) is 13.5. The number of carbonyl (C=O) groups excluding carboxylic acids is 2. The Morgan fingerprint density at radius 3 is 2.40 bits per heavy atom. The van der Waals surface area contributed by atoms with Gasteiger partial charge >= 0.3 is 5.97 Å². The van der Waals surface area contributed by atoms with E-state index in [2.05, 4.69) is 0 Å². The van der Waals surface area contributed by atoms with Crippen LogP contribution in [-0.2, 0) is 4.79 Å².